The first kappa shape index (κ1) is 34.1. The van der Waals surface area contributed by atoms with Crippen molar-refractivity contribution in [1.82, 2.24) is 0 Å². The molecule has 2 nitrogen and oxygen atoms in total. The van der Waals surface area contributed by atoms with Gasteiger partial charge in [0.05, 0.1) is 5.69 Å². The van der Waals surface area contributed by atoms with E-state index in [4.69, 9.17) is 4.42 Å². The van der Waals surface area contributed by atoms with Crippen LogP contribution in [0.4, 0.5) is 17.1 Å². The minimum absolute atomic E-state index is 0.889. The summed E-state index contributed by atoms with van der Waals surface area (Å²) in [6.45, 7) is 0. The summed E-state index contributed by atoms with van der Waals surface area (Å²) in [5.41, 5.74) is 12.2. The highest BCUT2D eigenvalue weighted by Crippen LogP contribution is 2.48. The molecule has 0 aliphatic heterocycles. The minimum Gasteiger partial charge on any atom is -0.455 e. The summed E-state index contributed by atoms with van der Waals surface area (Å²) in [4.78, 5) is 2.44. The Labute approximate surface area is 347 Å². The second kappa shape index (κ2) is 13.9. The van der Waals surface area contributed by atoms with E-state index in [2.05, 4.69) is 229 Å². The first-order valence-corrected chi connectivity index (χ1v) is 20.6. The molecule has 0 N–H and O–H groups in total. The SMILES string of the molecule is c1ccc(-c2c(-c3ccccc3)c3cc(N(c4cccc(-c5cccc6oc7c8ccccc8ccc7c56)c4)c4cccc5ccccc45)ccc3c3ccccc23)cc1. The average Bonchev–Trinajstić information content (AvgIpc) is 3.72. The van der Waals surface area contributed by atoms with Gasteiger partial charge in [-0.1, -0.05) is 182 Å². The molecule has 0 aliphatic carbocycles. The summed E-state index contributed by atoms with van der Waals surface area (Å²) in [6.07, 6.45) is 0. The second-order valence-electron chi connectivity index (χ2n) is 15.6. The largest absolute Gasteiger partial charge is 0.455 e. The Kier molecular flexibility index (Phi) is 7.89. The molecule has 280 valence electrons. The molecule has 0 spiro atoms. The molecule has 0 unspecified atom stereocenters. The predicted octanol–water partition coefficient (Wildman–Crippen LogP) is 16.7. The fourth-order valence-corrected chi connectivity index (χ4v) is 9.57. The van der Waals surface area contributed by atoms with Gasteiger partial charge >= 0.3 is 0 Å². The van der Waals surface area contributed by atoms with Crippen LogP contribution in [0.2, 0.25) is 0 Å². The van der Waals surface area contributed by atoms with Gasteiger partial charge in [-0.25, -0.2) is 0 Å². The molecule has 0 fully saturated rings. The molecule has 1 aromatic heterocycles. The van der Waals surface area contributed by atoms with Gasteiger partial charge in [-0.15, -0.1) is 0 Å². The Morgan fingerprint density at radius 1 is 0.317 bits per heavy atom. The summed E-state index contributed by atoms with van der Waals surface area (Å²) in [6, 6.07) is 81.3. The van der Waals surface area contributed by atoms with Crippen LogP contribution in [0.1, 0.15) is 0 Å². The van der Waals surface area contributed by atoms with Crippen LogP contribution in [0.25, 0.3) is 98.4 Å². The van der Waals surface area contributed by atoms with E-state index in [1.54, 1.807) is 0 Å². The van der Waals surface area contributed by atoms with Crippen molar-refractivity contribution in [2.75, 3.05) is 4.90 Å². The first-order chi connectivity index (χ1) is 29.8. The van der Waals surface area contributed by atoms with Gasteiger partial charge in [-0.05, 0) is 108 Å². The van der Waals surface area contributed by atoms with E-state index in [-0.39, 0.29) is 0 Å². The predicted molar refractivity (Wildman–Crippen MR) is 255 cm³/mol. The van der Waals surface area contributed by atoms with Gasteiger partial charge in [0, 0.05) is 32.9 Å². The first-order valence-electron chi connectivity index (χ1n) is 20.6. The van der Waals surface area contributed by atoms with Crippen molar-refractivity contribution in [2.24, 2.45) is 0 Å². The zero-order valence-electron chi connectivity index (χ0n) is 32.7. The third-order valence-electron chi connectivity index (χ3n) is 12.2. The monoisotopic (exact) mass is 763 g/mol. The van der Waals surface area contributed by atoms with Crippen LogP contribution in [0, 0.1) is 0 Å². The summed E-state index contributed by atoms with van der Waals surface area (Å²) < 4.78 is 6.64. The molecule has 0 atom stereocenters. The van der Waals surface area contributed by atoms with Gasteiger partial charge in [0.15, 0.2) is 0 Å². The molecule has 2 heteroatoms. The van der Waals surface area contributed by atoms with Crippen molar-refractivity contribution in [2.45, 2.75) is 0 Å². The third kappa shape index (κ3) is 5.42. The fourth-order valence-electron chi connectivity index (χ4n) is 9.57. The number of furan rings is 1. The van der Waals surface area contributed by atoms with Gasteiger partial charge in [-0.2, -0.15) is 0 Å². The summed E-state index contributed by atoms with van der Waals surface area (Å²) in [5, 5.41) is 11.9. The lowest BCUT2D eigenvalue weighted by atomic mass is 9.85. The Morgan fingerprint density at radius 2 is 0.867 bits per heavy atom. The Hall–Kier alpha value is -7.94. The number of hydrogen-bond donors (Lipinski definition) is 0. The highest BCUT2D eigenvalue weighted by Gasteiger charge is 2.22. The van der Waals surface area contributed by atoms with Crippen LogP contribution in [-0.4, -0.2) is 0 Å². The minimum atomic E-state index is 0.889. The van der Waals surface area contributed by atoms with Crippen molar-refractivity contribution in [3.8, 4) is 33.4 Å². The van der Waals surface area contributed by atoms with Crippen LogP contribution >= 0.6 is 0 Å². The molecule has 1 heterocycles. The van der Waals surface area contributed by atoms with Crippen molar-refractivity contribution >= 4 is 82.1 Å². The van der Waals surface area contributed by atoms with E-state index in [9.17, 15) is 0 Å². The number of anilines is 3. The number of rotatable bonds is 6. The summed E-state index contributed by atoms with van der Waals surface area (Å²) in [5.74, 6) is 0. The molecule has 0 aliphatic rings. The van der Waals surface area contributed by atoms with Gasteiger partial charge in [0.1, 0.15) is 11.2 Å². The van der Waals surface area contributed by atoms with Gasteiger partial charge in [0.2, 0.25) is 0 Å². The molecular weight excluding hydrogens is 727 g/mol. The maximum atomic E-state index is 6.64. The van der Waals surface area contributed by atoms with E-state index in [1.165, 1.54) is 60.0 Å². The lowest BCUT2D eigenvalue weighted by Crippen LogP contribution is -2.10. The standard InChI is InChI=1S/C58H37NO/c1-3-18-40(19-4-1)55-50-28-12-11-27-48(50)49-35-33-44(37-52(49)56(55)41-20-5-2-6-21-41)59(53-30-14-22-38-16-7-9-25-45(38)53)43-24-13-23-42(36-43)46-29-15-31-54-57(46)51-34-32-39-17-8-10-26-47(39)58(51)60-54/h1-37H. The maximum absolute atomic E-state index is 6.64. The number of hydrogen-bond acceptors (Lipinski definition) is 2. The second-order valence-corrected chi connectivity index (χ2v) is 15.6. The Morgan fingerprint density at radius 3 is 1.65 bits per heavy atom. The quantitative estimate of drug-likeness (QED) is 0.157. The zero-order valence-corrected chi connectivity index (χ0v) is 32.7. The molecule has 12 rings (SSSR count). The topological polar surface area (TPSA) is 16.4 Å². The molecule has 60 heavy (non-hydrogen) atoms. The smallest absolute Gasteiger partial charge is 0.143 e. The highest BCUT2D eigenvalue weighted by molar-refractivity contribution is 6.23. The van der Waals surface area contributed by atoms with E-state index in [1.807, 2.05) is 0 Å². The van der Waals surface area contributed by atoms with Crippen LogP contribution < -0.4 is 4.90 Å². The van der Waals surface area contributed by atoms with E-state index < -0.39 is 0 Å². The van der Waals surface area contributed by atoms with Crippen LogP contribution in [0.15, 0.2) is 229 Å². The number of nitrogens with zero attached hydrogens (tertiary/aromatic N) is 1. The molecule has 0 bridgehead atoms. The van der Waals surface area contributed by atoms with Gasteiger partial charge in [-0.3, -0.25) is 0 Å². The van der Waals surface area contributed by atoms with Crippen molar-refractivity contribution < 1.29 is 4.42 Å². The van der Waals surface area contributed by atoms with Crippen molar-refractivity contribution in [3.63, 3.8) is 0 Å². The maximum Gasteiger partial charge on any atom is 0.143 e. The van der Waals surface area contributed by atoms with Gasteiger partial charge in [0.25, 0.3) is 0 Å². The zero-order chi connectivity index (χ0) is 39.6. The molecule has 11 aromatic carbocycles. The molecule has 0 saturated carbocycles. The highest BCUT2D eigenvalue weighted by atomic mass is 16.3. The average molecular weight is 764 g/mol. The van der Waals surface area contributed by atoms with Crippen LogP contribution in [0.5, 0.6) is 0 Å². The Bertz CT molecular complexity index is 3600. The van der Waals surface area contributed by atoms with Crippen LogP contribution in [0.3, 0.4) is 0 Å². The van der Waals surface area contributed by atoms with Crippen molar-refractivity contribution in [1.29, 1.82) is 0 Å². The molecule has 0 radical (unpaired) electrons. The number of benzene rings is 11. The Balaban J connectivity index is 1.13. The molecular formula is C58H37NO. The molecule has 0 amide bonds. The fraction of sp³-hybridized carbons (Fsp3) is 0. The third-order valence-corrected chi connectivity index (χ3v) is 12.2. The van der Waals surface area contributed by atoms with E-state index >= 15 is 0 Å². The molecule has 0 saturated heterocycles. The lowest BCUT2D eigenvalue weighted by Gasteiger charge is -2.28. The van der Waals surface area contributed by atoms with E-state index in [0.717, 1.165) is 55.5 Å². The lowest BCUT2D eigenvalue weighted by molar-refractivity contribution is 0.673. The summed E-state index contributed by atoms with van der Waals surface area (Å²) >= 11 is 0. The molecule has 12 aromatic rings. The van der Waals surface area contributed by atoms with Gasteiger partial charge < -0.3 is 9.32 Å². The normalized spacial score (nSPS) is 11.7. The van der Waals surface area contributed by atoms with E-state index in [0.29, 0.717) is 0 Å². The summed E-state index contributed by atoms with van der Waals surface area (Å²) in [7, 11) is 0. The number of fused-ring (bicyclic) bond motifs is 9. The van der Waals surface area contributed by atoms with Crippen LogP contribution in [-0.2, 0) is 0 Å². The van der Waals surface area contributed by atoms with Crippen molar-refractivity contribution in [3.05, 3.63) is 224 Å².